The van der Waals surface area contributed by atoms with Gasteiger partial charge in [0.15, 0.2) is 0 Å². The maximum atomic E-state index is 12.4. The number of para-hydroxylation sites is 1. The van der Waals surface area contributed by atoms with E-state index < -0.39 is 0 Å². The molecular formula is C19H23ClN3O+. The van der Waals surface area contributed by atoms with Gasteiger partial charge >= 0.3 is 6.03 Å². The van der Waals surface area contributed by atoms with Crippen molar-refractivity contribution in [2.75, 3.05) is 31.5 Å². The van der Waals surface area contributed by atoms with Crippen molar-refractivity contribution in [2.45, 2.75) is 13.5 Å². The van der Waals surface area contributed by atoms with Gasteiger partial charge in [-0.25, -0.2) is 4.79 Å². The molecule has 0 spiro atoms. The number of halogens is 1. The lowest BCUT2D eigenvalue weighted by Crippen LogP contribution is -3.13. The summed E-state index contributed by atoms with van der Waals surface area (Å²) >= 11 is 5.93. The summed E-state index contributed by atoms with van der Waals surface area (Å²) in [4.78, 5) is 15.8. The van der Waals surface area contributed by atoms with Crippen LogP contribution in [0.4, 0.5) is 10.5 Å². The first-order chi connectivity index (χ1) is 11.6. The summed E-state index contributed by atoms with van der Waals surface area (Å²) in [5, 5.41) is 3.78. The molecule has 1 saturated heterocycles. The van der Waals surface area contributed by atoms with Crippen LogP contribution in [-0.4, -0.2) is 37.1 Å². The third kappa shape index (κ3) is 4.28. The largest absolute Gasteiger partial charge is 0.328 e. The van der Waals surface area contributed by atoms with Crippen LogP contribution in [0.2, 0.25) is 5.02 Å². The van der Waals surface area contributed by atoms with Gasteiger partial charge in [-0.2, -0.15) is 0 Å². The van der Waals surface area contributed by atoms with Gasteiger partial charge in [-0.1, -0.05) is 41.9 Å². The molecule has 5 heteroatoms. The van der Waals surface area contributed by atoms with E-state index in [0.717, 1.165) is 49.0 Å². The van der Waals surface area contributed by atoms with Crippen LogP contribution in [0.25, 0.3) is 0 Å². The quantitative estimate of drug-likeness (QED) is 0.882. The van der Waals surface area contributed by atoms with Crippen LogP contribution in [0.3, 0.4) is 0 Å². The Labute approximate surface area is 148 Å². The van der Waals surface area contributed by atoms with E-state index in [1.165, 1.54) is 10.5 Å². The third-order valence-corrected chi connectivity index (χ3v) is 4.76. The average molecular weight is 345 g/mol. The molecule has 0 bridgehead atoms. The number of urea groups is 1. The molecule has 2 N–H and O–H groups in total. The van der Waals surface area contributed by atoms with Gasteiger partial charge in [0.05, 0.1) is 26.2 Å². The van der Waals surface area contributed by atoms with E-state index in [2.05, 4.69) is 17.4 Å². The number of nitrogens with zero attached hydrogens (tertiary/aromatic N) is 1. The van der Waals surface area contributed by atoms with Crippen molar-refractivity contribution in [1.82, 2.24) is 4.90 Å². The first kappa shape index (κ1) is 16.8. The standard InChI is InChI=1S/C19H22ClN3O/c1-15-4-2-3-5-18(15)21-19(24)23-12-10-22(11-13-23)14-16-6-8-17(20)9-7-16/h2-9H,10-14H2,1H3,(H,21,24)/p+1. The minimum Gasteiger partial charge on any atom is -0.328 e. The van der Waals surface area contributed by atoms with E-state index in [1.807, 2.05) is 48.2 Å². The number of anilines is 1. The Kier molecular flexibility index (Phi) is 5.38. The molecule has 0 saturated carbocycles. The molecule has 1 aliphatic heterocycles. The first-order valence-corrected chi connectivity index (χ1v) is 8.69. The van der Waals surface area contributed by atoms with E-state index >= 15 is 0 Å². The molecule has 24 heavy (non-hydrogen) atoms. The number of aryl methyl sites for hydroxylation is 1. The summed E-state index contributed by atoms with van der Waals surface area (Å²) < 4.78 is 0. The van der Waals surface area contributed by atoms with Crippen LogP contribution in [0.15, 0.2) is 48.5 Å². The first-order valence-electron chi connectivity index (χ1n) is 8.31. The number of piperazine rings is 1. The number of hydrogen-bond acceptors (Lipinski definition) is 1. The molecule has 0 aromatic heterocycles. The zero-order valence-corrected chi connectivity index (χ0v) is 14.6. The second kappa shape index (κ2) is 7.69. The SMILES string of the molecule is Cc1ccccc1NC(=O)N1CC[NH+](Cc2ccc(Cl)cc2)CC1. The second-order valence-corrected chi connectivity index (χ2v) is 6.72. The molecule has 0 unspecified atom stereocenters. The maximum absolute atomic E-state index is 12.4. The topological polar surface area (TPSA) is 36.8 Å². The molecule has 1 aliphatic rings. The van der Waals surface area contributed by atoms with Crippen molar-refractivity contribution < 1.29 is 9.69 Å². The van der Waals surface area contributed by atoms with Gasteiger partial charge in [-0.05, 0) is 30.7 Å². The Morgan fingerprint density at radius 1 is 1.12 bits per heavy atom. The Hall–Kier alpha value is -2.04. The summed E-state index contributed by atoms with van der Waals surface area (Å²) in [5.74, 6) is 0. The lowest BCUT2D eigenvalue weighted by molar-refractivity contribution is -0.917. The summed E-state index contributed by atoms with van der Waals surface area (Å²) in [5.41, 5.74) is 3.25. The van der Waals surface area contributed by atoms with Crippen molar-refractivity contribution in [2.24, 2.45) is 0 Å². The Bertz CT molecular complexity index is 694. The Balaban J connectivity index is 1.50. The van der Waals surface area contributed by atoms with Crippen molar-refractivity contribution >= 4 is 23.3 Å². The predicted octanol–water partition coefficient (Wildman–Crippen LogP) is 2.58. The fraction of sp³-hybridized carbons (Fsp3) is 0.316. The summed E-state index contributed by atoms with van der Waals surface area (Å²) in [6.07, 6.45) is 0. The number of quaternary nitrogens is 1. The van der Waals surface area contributed by atoms with Gasteiger partial charge in [-0.15, -0.1) is 0 Å². The van der Waals surface area contributed by atoms with E-state index in [9.17, 15) is 4.79 Å². The summed E-state index contributed by atoms with van der Waals surface area (Å²) in [7, 11) is 0. The number of nitrogens with one attached hydrogen (secondary N) is 2. The third-order valence-electron chi connectivity index (χ3n) is 4.51. The van der Waals surface area contributed by atoms with Crippen LogP contribution in [0.1, 0.15) is 11.1 Å². The molecule has 0 radical (unpaired) electrons. The normalized spacial score (nSPS) is 15.3. The average Bonchev–Trinajstić information content (AvgIpc) is 2.59. The monoisotopic (exact) mass is 344 g/mol. The highest BCUT2D eigenvalue weighted by Crippen LogP contribution is 2.14. The molecule has 4 nitrogen and oxygen atoms in total. The van der Waals surface area contributed by atoms with Crippen molar-refractivity contribution in [1.29, 1.82) is 0 Å². The zero-order valence-electron chi connectivity index (χ0n) is 13.9. The van der Waals surface area contributed by atoms with E-state index in [4.69, 9.17) is 11.6 Å². The number of hydrogen-bond donors (Lipinski definition) is 2. The molecular weight excluding hydrogens is 322 g/mol. The zero-order chi connectivity index (χ0) is 16.9. The fourth-order valence-corrected chi connectivity index (χ4v) is 3.13. The van der Waals surface area contributed by atoms with Crippen molar-refractivity contribution in [3.8, 4) is 0 Å². The van der Waals surface area contributed by atoms with E-state index in [0.29, 0.717) is 0 Å². The Morgan fingerprint density at radius 3 is 2.46 bits per heavy atom. The number of carbonyl (C=O) groups is 1. The molecule has 3 rings (SSSR count). The number of amides is 2. The number of rotatable bonds is 3. The molecule has 0 atom stereocenters. The van der Waals surface area contributed by atoms with Crippen LogP contribution < -0.4 is 10.2 Å². The molecule has 1 heterocycles. The molecule has 1 fully saturated rings. The number of benzene rings is 2. The van der Waals surface area contributed by atoms with Crippen LogP contribution in [-0.2, 0) is 6.54 Å². The maximum Gasteiger partial charge on any atom is 0.322 e. The molecule has 126 valence electrons. The van der Waals surface area contributed by atoms with E-state index in [-0.39, 0.29) is 6.03 Å². The summed E-state index contributed by atoms with van der Waals surface area (Å²) in [6, 6.07) is 15.9. The Morgan fingerprint density at radius 2 is 1.79 bits per heavy atom. The lowest BCUT2D eigenvalue weighted by Gasteiger charge is -2.32. The van der Waals surface area contributed by atoms with Crippen molar-refractivity contribution in [3.63, 3.8) is 0 Å². The van der Waals surface area contributed by atoms with Crippen LogP contribution >= 0.6 is 11.6 Å². The van der Waals surface area contributed by atoms with Gasteiger partial charge in [-0.3, -0.25) is 0 Å². The molecule has 2 amide bonds. The van der Waals surface area contributed by atoms with Gasteiger partial charge in [0.25, 0.3) is 0 Å². The highest BCUT2D eigenvalue weighted by Gasteiger charge is 2.24. The molecule has 2 aromatic carbocycles. The smallest absolute Gasteiger partial charge is 0.322 e. The van der Waals surface area contributed by atoms with E-state index in [1.54, 1.807) is 0 Å². The molecule has 0 aliphatic carbocycles. The summed E-state index contributed by atoms with van der Waals surface area (Å²) in [6.45, 7) is 6.46. The minimum absolute atomic E-state index is 0.00478. The molecule has 2 aromatic rings. The number of carbonyl (C=O) groups excluding carboxylic acids is 1. The highest BCUT2D eigenvalue weighted by molar-refractivity contribution is 6.30. The van der Waals surface area contributed by atoms with Gasteiger partial charge < -0.3 is 15.1 Å². The van der Waals surface area contributed by atoms with Crippen LogP contribution in [0, 0.1) is 6.92 Å². The van der Waals surface area contributed by atoms with Crippen LogP contribution in [0.5, 0.6) is 0 Å². The van der Waals surface area contributed by atoms with Gasteiger partial charge in [0.1, 0.15) is 6.54 Å². The lowest BCUT2D eigenvalue weighted by atomic mass is 10.2. The van der Waals surface area contributed by atoms with Gasteiger partial charge in [0, 0.05) is 16.3 Å². The minimum atomic E-state index is -0.00478. The second-order valence-electron chi connectivity index (χ2n) is 6.29. The van der Waals surface area contributed by atoms with Gasteiger partial charge in [0.2, 0.25) is 0 Å². The predicted molar refractivity (Wildman–Crippen MR) is 97.6 cm³/mol. The fourth-order valence-electron chi connectivity index (χ4n) is 3.00. The van der Waals surface area contributed by atoms with Crippen molar-refractivity contribution in [3.05, 3.63) is 64.7 Å². The highest BCUT2D eigenvalue weighted by atomic mass is 35.5.